The van der Waals surface area contributed by atoms with Gasteiger partial charge in [-0.1, -0.05) is 6.92 Å². The van der Waals surface area contributed by atoms with E-state index in [0.29, 0.717) is 6.54 Å². The number of nitrogens with two attached hydrogens (primary N) is 1. The van der Waals surface area contributed by atoms with Crippen molar-refractivity contribution < 1.29 is 0 Å². The van der Waals surface area contributed by atoms with Crippen molar-refractivity contribution in [3.05, 3.63) is 24.2 Å². The van der Waals surface area contributed by atoms with E-state index in [-0.39, 0.29) is 5.54 Å². The van der Waals surface area contributed by atoms with Crippen LogP contribution >= 0.6 is 0 Å². The quantitative estimate of drug-likeness (QED) is 0.841. The van der Waals surface area contributed by atoms with Crippen molar-refractivity contribution in [2.75, 3.05) is 11.9 Å². The lowest BCUT2D eigenvalue weighted by Crippen LogP contribution is -2.42. The molecule has 0 aliphatic rings. The van der Waals surface area contributed by atoms with Crippen LogP contribution in [-0.4, -0.2) is 26.7 Å². The van der Waals surface area contributed by atoms with Crippen molar-refractivity contribution in [3.63, 3.8) is 0 Å². The second-order valence-corrected chi connectivity index (χ2v) is 4.63. The normalized spacial score (nSPS) is 14.8. The van der Waals surface area contributed by atoms with Gasteiger partial charge in [0.1, 0.15) is 5.52 Å². The molecule has 5 nitrogen and oxygen atoms in total. The van der Waals surface area contributed by atoms with E-state index in [0.717, 1.165) is 23.4 Å². The van der Waals surface area contributed by atoms with Gasteiger partial charge in [-0.05, 0) is 26.3 Å². The van der Waals surface area contributed by atoms with E-state index in [1.54, 1.807) is 6.20 Å². The van der Waals surface area contributed by atoms with Gasteiger partial charge in [0.2, 0.25) is 0 Å². The maximum absolute atomic E-state index is 5.80. The number of aryl methyl sites for hydroxylation is 1. The van der Waals surface area contributed by atoms with Gasteiger partial charge in [-0.15, -0.1) is 0 Å². The van der Waals surface area contributed by atoms with E-state index in [1.807, 2.05) is 23.7 Å². The molecular formula is C12H19N5. The van der Waals surface area contributed by atoms with Crippen LogP contribution in [0.25, 0.3) is 5.52 Å². The molecule has 2 heterocycles. The second-order valence-electron chi connectivity index (χ2n) is 4.63. The van der Waals surface area contributed by atoms with Gasteiger partial charge >= 0.3 is 0 Å². The molecule has 0 aliphatic heterocycles. The van der Waals surface area contributed by atoms with Gasteiger partial charge in [0.15, 0.2) is 5.82 Å². The third-order valence-corrected chi connectivity index (χ3v) is 3.16. The number of fused-ring (bicyclic) bond motifs is 1. The lowest BCUT2D eigenvalue weighted by molar-refractivity contribution is 0.505. The molecule has 0 bridgehead atoms. The zero-order valence-corrected chi connectivity index (χ0v) is 10.6. The third kappa shape index (κ3) is 2.24. The summed E-state index contributed by atoms with van der Waals surface area (Å²) in [6.45, 7) is 6.75. The van der Waals surface area contributed by atoms with Crippen LogP contribution in [0, 0.1) is 6.92 Å². The van der Waals surface area contributed by atoms with Crippen LogP contribution in [-0.2, 0) is 0 Å². The van der Waals surface area contributed by atoms with Crippen molar-refractivity contribution in [3.8, 4) is 0 Å². The Kier molecular flexibility index (Phi) is 3.02. The molecule has 2 aromatic heterocycles. The molecule has 3 N–H and O–H groups in total. The molecule has 92 valence electrons. The van der Waals surface area contributed by atoms with Gasteiger partial charge in [0, 0.05) is 24.5 Å². The zero-order chi connectivity index (χ0) is 12.5. The van der Waals surface area contributed by atoms with Gasteiger partial charge in [-0.2, -0.15) is 5.10 Å². The molecule has 2 aromatic rings. The minimum atomic E-state index is -0.132. The average molecular weight is 233 g/mol. The van der Waals surface area contributed by atoms with Crippen molar-refractivity contribution in [2.45, 2.75) is 32.7 Å². The summed E-state index contributed by atoms with van der Waals surface area (Å²) in [5.41, 5.74) is 7.63. The summed E-state index contributed by atoms with van der Waals surface area (Å²) in [5, 5.41) is 7.78. The van der Waals surface area contributed by atoms with Crippen LogP contribution in [0.3, 0.4) is 0 Å². The summed E-state index contributed by atoms with van der Waals surface area (Å²) in [6, 6.07) is 2.02. The van der Waals surface area contributed by atoms with E-state index in [4.69, 9.17) is 5.73 Å². The molecule has 17 heavy (non-hydrogen) atoms. The Morgan fingerprint density at radius 1 is 1.53 bits per heavy atom. The van der Waals surface area contributed by atoms with Crippen molar-refractivity contribution in [2.24, 2.45) is 5.73 Å². The van der Waals surface area contributed by atoms with Crippen LogP contribution in [0.5, 0.6) is 0 Å². The predicted molar refractivity (Wildman–Crippen MR) is 69.1 cm³/mol. The van der Waals surface area contributed by atoms with Gasteiger partial charge < -0.3 is 11.1 Å². The fraction of sp³-hybridized carbons (Fsp3) is 0.500. The predicted octanol–water partition coefficient (Wildman–Crippen LogP) is 1.58. The standard InChI is InChI=1S/C12H19N5/c1-4-12(3,8-13)15-11-10-7-9(2)16-17(10)6-5-14-11/h5-7H,4,8,13H2,1-3H3,(H,14,15). The summed E-state index contributed by atoms with van der Waals surface area (Å²) < 4.78 is 1.83. The molecule has 0 aliphatic carbocycles. The maximum atomic E-state index is 5.80. The summed E-state index contributed by atoms with van der Waals surface area (Å²) in [4.78, 5) is 4.37. The highest BCUT2D eigenvalue weighted by atomic mass is 15.2. The number of hydrogen-bond acceptors (Lipinski definition) is 4. The molecule has 0 saturated carbocycles. The van der Waals surface area contributed by atoms with Crippen molar-refractivity contribution in [1.82, 2.24) is 14.6 Å². The molecule has 0 aromatic carbocycles. The summed E-state index contributed by atoms with van der Waals surface area (Å²) in [7, 11) is 0. The number of rotatable bonds is 4. The fourth-order valence-corrected chi connectivity index (χ4v) is 1.71. The average Bonchev–Trinajstić information content (AvgIpc) is 2.70. The highest BCUT2D eigenvalue weighted by Crippen LogP contribution is 2.20. The SMILES string of the molecule is CCC(C)(CN)Nc1nccn2nc(C)cc12. The topological polar surface area (TPSA) is 68.2 Å². The number of anilines is 1. The smallest absolute Gasteiger partial charge is 0.152 e. The molecule has 5 heteroatoms. The first-order chi connectivity index (χ1) is 8.08. The second kappa shape index (κ2) is 4.33. The van der Waals surface area contributed by atoms with Gasteiger partial charge in [0.25, 0.3) is 0 Å². The first-order valence-corrected chi connectivity index (χ1v) is 5.87. The molecule has 0 fully saturated rings. The minimum absolute atomic E-state index is 0.132. The molecule has 2 rings (SSSR count). The summed E-state index contributed by atoms with van der Waals surface area (Å²) in [5.74, 6) is 0.836. The van der Waals surface area contributed by atoms with Crippen molar-refractivity contribution >= 4 is 11.3 Å². The van der Waals surface area contributed by atoms with Gasteiger partial charge in [0.05, 0.1) is 5.69 Å². The van der Waals surface area contributed by atoms with E-state index >= 15 is 0 Å². The Morgan fingerprint density at radius 2 is 2.29 bits per heavy atom. The Labute approximate surface area is 101 Å². The van der Waals surface area contributed by atoms with Crippen LogP contribution in [0.4, 0.5) is 5.82 Å². The lowest BCUT2D eigenvalue weighted by atomic mass is 9.99. The lowest BCUT2D eigenvalue weighted by Gasteiger charge is -2.28. The van der Waals surface area contributed by atoms with E-state index in [1.165, 1.54) is 0 Å². The first-order valence-electron chi connectivity index (χ1n) is 5.87. The Bertz CT molecular complexity index is 513. The van der Waals surface area contributed by atoms with E-state index in [2.05, 4.69) is 29.2 Å². The van der Waals surface area contributed by atoms with Crippen LogP contribution in [0.2, 0.25) is 0 Å². The molecule has 1 atom stereocenters. The Hall–Kier alpha value is -1.62. The van der Waals surface area contributed by atoms with Crippen LogP contribution in [0.1, 0.15) is 26.0 Å². The van der Waals surface area contributed by atoms with Crippen LogP contribution in [0.15, 0.2) is 18.5 Å². The van der Waals surface area contributed by atoms with Crippen LogP contribution < -0.4 is 11.1 Å². The van der Waals surface area contributed by atoms with E-state index in [9.17, 15) is 0 Å². The minimum Gasteiger partial charge on any atom is -0.362 e. The highest BCUT2D eigenvalue weighted by molar-refractivity contribution is 5.68. The molecular weight excluding hydrogens is 214 g/mol. The molecule has 1 unspecified atom stereocenters. The maximum Gasteiger partial charge on any atom is 0.152 e. The summed E-state index contributed by atoms with van der Waals surface area (Å²) in [6.07, 6.45) is 4.53. The third-order valence-electron chi connectivity index (χ3n) is 3.16. The Balaban J connectivity index is 2.42. The molecule has 0 saturated heterocycles. The zero-order valence-electron chi connectivity index (χ0n) is 10.6. The number of aromatic nitrogens is 3. The highest BCUT2D eigenvalue weighted by Gasteiger charge is 2.21. The molecule has 0 amide bonds. The fourth-order valence-electron chi connectivity index (χ4n) is 1.71. The number of nitrogens with zero attached hydrogens (tertiary/aromatic N) is 3. The first kappa shape index (κ1) is 11.9. The van der Waals surface area contributed by atoms with Gasteiger partial charge in [-0.3, -0.25) is 0 Å². The van der Waals surface area contributed by atoms with Gasteiger partial charge in [-0.25, -0.2) is 9.50 Å². The van der Waals surface area contributed by atoms with E-state index < -0.39 is 0 Å². The Morgan fingerprint density at radius 3 is 2.94 bits per heavy atom. The largest absolute Gasteiger partial charge is 0.362 e. The monoisotopic (exact) mass is 233 g/mol. The molecule has 0 radical (unpaired) electrons. The summed E-state index contributed by atoms with van der Waals surface area (Å²) >= 11 is 0. The molecule has 0 spiro atoms. The number of hydrogen-bond donors (Lipinski definition) is 2. The number of nitrogens with one attached hydrogen (secondary N) is 1. The van der Waals surface area contributed by atoms with Crippen molar-refractivity contribution in [1.29, 1.82) is 0 Å².